The van der Waals surface area contributed by atoms with E-state index in [0.717, 1.165) is 15.9 Å². The molecule has 1 N–H and O–H groups in total. The minimum atomic E-state index is -2.87. The van der Waals surface area contributed by atoms with E-state index in [9.17, 15) is 9.90 Å². The largest absolute Gasteiger partial charge is 0.467 e. The van der Waals surface area contributed by atoms with Crippen LogP contribution in [-0.2, 0) is 18.7 Å². The molecule has 37 heavy (non-hydrogen) atoms. The number of aliphatic hydroxyl groups is 1. The van der Waals surface area contributed by atoms with Crippen LogP contribution in [-0.4, -0.2) is 55.7 Å². The first-order valence-corrected chi connectivity index (χ1v) is 14.5. The van der Waals surface area contributed by atoms with Crippen molar-refractivity contribution in [2.24, 2.45) is 4.99 Å². The highest BCUT2D eigenvalue weighted by Gasteiger charge is 2.62. The minimum Gasteiger partial charge on any atom is -0.467 e. The summed E-state index contributed by atoms with van der Waals surface area (Å²) in [6, 6.07) is 29.9. The molecule has 5 rings (SSSR count). The Kier molecular flexibility index (Phi) is 6.56. The van der Waals surface area contributed by atoms with Gasteiger partial charge in [-0.15, -0.1) is 0 Å². The van der Waals surface area contributed by atoms with Gasteiger partial charge in [-0.2, -0.15) is 0 Å². The van der Waals surface area contributed by atoms with Crippen molar-refractivity contribution >= 4 is 30.6 Å². The fraction of sp³-hybridized carbons (Fsp3) is 0.333. The molecule has 0 radical (unpaired) electrons. The maximum atomic E-state index is 12.9. The van der Waals surface area contributed by atoms with Gasteiger partial charge in [-0.05, 0) is 34.5 Å². The summed E-state index contributed by atoms with van der Waals surface area (Å²) in [6.07, 6.45) is -2.74. The third-order valence-corrected chi connectivity index (χ3v) is 12.4. The Bertz CT molecular complexity index is 1240. The van der Waals surface area contributed by atoms with Crippen molar-refractivity contribution in [3.05, 3.63) is 96.6 Å². The zero-order valence-corrected chi connectivity index (χ0v) is 22.6. The van der Waals surface area contributed by atoms with Crippen molar-refractivity contribution in [3.8, 4) is 0 Å². The van der Waals surface area contributed by atoms with E-state index < -0.39 is 38.1 Å². The average Bonchev–Trinajstić information content (AvgIpc) is 3.37. The fourth-order valence-corrected chi connectivity index (χ4v) is 10.0. The molecule has 3 aromatic carbocycles. The average molecular weight is 516 g/mol. The highest BCUT2D eigenvalue weighted by atomic mass is 28.4. The van der Waals surface area contributed by atoms with E-state index in [0.29, 0.717) is 5.90 Å². The van der Waals surface area contributed by atoms with Gasteiger partial charge in [0.05, 0.1) is 6.61 Å². The van der Waals surface area contributed by atoms with Crippen LogP contribution in [0.5, 0.6) is 0 Å². The predicted molar refractivity (Wildman–Crippen MR) is 146 cm³/mol. The number of nitrogens with zero attached hydrogens (tertiary/aromatic N) is 1. The number of ether oxygens (including phenoxy) is 2. The SMILES string of the molecule is CC(C)(C)[Si](OC[C@@H](O)[C@@H]1OC(=O)[C@@]2(C)N=C(c3ccccc3)O[C@@H]12)(c1ccccc1)c1ccccc1. The molecule has 6 nitrogen and oxygen atoms in total. The Labute approximate surface area is 219 Å². The lowest BCUT2D eigenvalue weighted by molar-refractivity contribution is -0.149. The first-order chi connectivity index (χ1) is 17.7. The molecule has 0 saturated carbocycles. The Morgan fingerprint density at radius 3 is 1.95 bits per heavy atom. The fourth-order valence-electron chi connectivity index (χ4n) is 5.45. The van der Waals surface area contributed by atoms with Gasteiger partial charge in [0, 0.05) is 5.56 Å². The molecule has 1 fully saturated rings. The molecule has 2 heterocycles. The van der Waals surface area contributed by atoms with Gasteiger partial charge in [-0.25, -0.2) is 9.79 Å². The lowest BCUT2D eigenvalue weighted by atomic mass is 9.93. The molecule has 4 atom stereocenters. The van der Waals surface area contributed by atoms with Gasteiger partial charge in [0.15, 0.2) is 17.7 Å². The van der Waals surface area contributed by atoms with Gasteiger partial charge < -0.3 is 19.0 Å². The molecule has 2 aliphatic heterocycles. The molecule has 0 spiro atoms. The van der Waals surface area contributed by atoms with Crippen molar-refractivity contribution in [3.63, 3.8) is 0 Å². The molecular formula is C30H33NO5Si. The Hall–Kier alpha value is -3.26. The zero-order chi connectivity index (χ0) is 26.3. The van der Waals surface area contributed by atoms with Crippen molar-refractivity contribution in [1.82, 2.24) is 0 Å². The summed E-state index contributed by atoms with van der Waals surface area (Å²) in [7, 11) is -2.87. The number of carbonyl (C=O) groups excluding carboxylic acids is 1. The maximum Gasteiger partial charge on any atom is 0.338 e. The quantitative estimate of drug-likeness (QED) is 0.385. The van der Waals surface area contributed by atoms with Crippen LogP contribution in [0.2, 0.25) is 5.04 Å². The summed E-state index contributed by atoms with van der Waals surface area (Å²) in [5.74, 6) is -0.118. The number of fused-ring (bicyclic) bond motifs is 1. The number of esters is 1. The van der Waals surface area contributed by atoms with Crippen LogP contribution in [0.1, 0.15) is 33.3 Å². The first kappa shape index (κ1) is 25.4. The van der Waals surface area contributed by atoms with Crippen molar-refractivity contribution in [2.45, 2.75) is 56.6 Å². The van der Waals surface area contributed by atoms with Gasteiger partial charge in [0.1, 0.15) is 6.10 Å². The highest BCUT2D eigenvalue weighted by Crippen LogP contribution is 2.40. The van der Waals surface area contributed by atoms with E-state index in [1.807, 2.05) is 66.7 Å². The van der Waals surface area contributed by atoms with Crippen LogP contribution in [0.4, 0.5) is 0 Å². The van der Waals surface area contributed by atoms with E-state index in [-0.39, 0.29) is 11.6 Å². The molecule has 0 unspecified atom stereocenters. The second-order valence-electron chi connectivity index (χ2n) is 10.9. The van der Waals surface area contributed by atoms with Crippen molar-refractivity contribution < 1.29 is 23.8 Å². The van der Waals surface area contributed by atoms with Crippen LogP contribution in [0.15, 0.2) is 96.0 Å². The van der Waals surface area contributed by atoms with E-state index >= 15 is 0 Å². The summed E-state index contributed by atoms with van der Waals surface area (Å²) in [4.78, 5) is 17.5. The van der Waals surface area contributed by atoms with Crippen LogP contribution in [0.25, 0.3) is 0 Å². The number of hydrogen-bond acceptors (Lipinski definition) is 6. The number of aliphatic imine (C=N–C) groups is 1. The molecule has 1 saturated heterocycles. The number of carbonyl (C=O) groups is 1. The molecule has 0 aromatic heterocycles. The van der Waals surface area contributed by atoms with Crippen LogP contribution < -0.4 is 10.4 Å². The first-order valence-electron chi connectivity index (χ1n) is 12.6. The standard InChI is InChI=1S/C30H33NO5Si/c1-29(2,3)37(22-16-10-6-11-17-22,23-18-12-7-13-19-23)34-20-24(32)25-26-30(4,28(33)35-25)31-27(36-26)21-14-8-5-9-15-21/h5-19,24-26,32H,20H2,1-4H3/t24-,25+,26+,30+/m1/s1. The summed E-state index contributed by atoms with van der Waals surface area (Å²) in [6.45, 7) is 8.22. The molecule has 2 aliphatic rings. The molecule has 0 aliphatic carbocycles. The third-order valence-electron chi connectivity index (χ3n) is 7.37. The van der Waals surface area contributed by atoms with E-state index in [4.69, 9.17) is 13.9 Å². The van der Waals surface area contributed by atoms with E-state index in [1.54, 1.807) is 6.92 Å². The van der Waals surface area contributed by atoms with Crippen molar-refractivity contribution in [1.29, 1.82) is 0 Å². The van der Waals surface area contributed by atoms with Crippen LogP contribution in [0, 0.1) is 0 Å². The maximum absolute atomic E-state index is 12.9. The Morgan fingerprint density at radius 2 is 1.43 bits per heavy atom. The van der Waals surface area contributed by atoms with Gasteiger partial charge in [-0.3, -0.25) is 0 Å². The number of hydrogen-bond donors (Lipinski definition) is 1. The second kappa shape index (κ2) is 9.56. The Morgan fingerprint density at radius 1 is 0.919 bits per heavy atom. The van der Waals surface area contributed by atoms with Crippen LogP contribution >= 0.6 is 0 Å². The molecule has 0 bridgehead atoms. The second-order valence-corrected chi connectivity index (χ2v) is 15.2. The number of rotatable bonds is 7. The summed E-state index contributed by atoms with van der Waals surface area (Å²) in [5, 5.41) is 13.4. The predicted octanol–water partition coefficient (Wildman–Crippen LogP) is 3.45. The molecular weight excluding hydrogens is 482 g/mol. The zero-order valence-electron chi connectivity index (χ0n) is 21.6. The van der Waals surface area contributed by atoms with Crippen molar-refractivity contribution in [2.75, 3.05) is 6.61 Å². The van der Waals surface area contributed by atoms with Gasteiger partial charge in [0.25, 0.3) is 8.32 Å². The van der Waals surface area contributed by atoms with Gasteiger partial charge in [-0.1, -0.05) is 99.6 Å². The summed E-state index contributed by atoms with van der Waals surface area (Å²) >= 11 is 0. The highest BCUT2D eigenvalue weighted by molar-refractivity contribution is 6.99. The number of benzene rings is 3. The van der Waals surface area contributed by atoms with E-state index in [2.05, 4.69) is 50.0 Å². The number of aliphatic hydroxyl groups excluding tert-OH is 1. The molecule has 3 aromatic rings. The monoisotopic (exact) mass is 515 g/mol. The van der Waals surface area contributed by atoms with Gasteiger partial charge >= 0.3 is 5.97 Å². The lowest BCUT2D eigenvalue weighted by Gasteiger charge is -2.43. The van der Waals surface area contributed by atoms with Gasteiger partial charge in [0.2, 0.25) is 5.90 Å². The summed E-state index contributed by atoms with van der Waals surface area (Å²) in [5.41, 5.74) is -0.434. The molecule has 0 amide bonds. The smallest absolute Gasteiger partial charge is 0.338 e. The topological polar surface area (TPSA) is 77.4 Å². The molecule has 7 heteroatoms. The lowest BCUT2D eigenvalue weighted by Crippen LogP contribution is -2.67. The minimum absolute atomic E-state index is 0.0121. The van der Waals surface area contributed by atoms with E-state index in [1.165, 1.54) is 0 Å². The summed E-state index contributed by atoms with van der Waals surface area (Å²) < 4.78 is 18.7. The Balaban J connectivity index is 1.44. The van der Waals surface area contributed by atoms with Crippen LogP contribution in [0.3, 0.4) is 0 Å². The number of cyclic esters (lactones) is 1. The normalized spacial score (nSPS) is 24.1. The third kappa shape index (κ3) is 4.31. The molecule has 192 valence electrons.